The van der Waals surface area contributed by atoms with Gasteiger partial charge in [-0.25, -0.2) is 0 Å². The molecule has 1 nitrogen and oxygen atoms in total. The van der Waals surface area contributed by atoms with Crippen molar-refractivity contribution in [2.75, 3.05) is 0 Å². The van der Waals surface area contributed by atoms with Gasteiger partial charge in [-0.15, -0.1) is 0 Å². The zero-order chi connectivity index (χ0) is 13.7. The maximum atomic E-state index is 12.2. The number of carbonyl (C=O) groups excluding carboxylic acids is 1. The van der Waals surface area contributed by atoms with E-state index in [9.17, 15) is 4.79 Å². The molecule has 0 radical (unpaired) electrons. The van der Waals surface area contributed by atoms with Gasteiger partial charge in [-0.3, -0.25) is 4.79 Å². The monoisotopic (exact) mass is 244 g/mol. The van der Waals surface area contributed by atoms with Crippen molar-refractivity contribution < 1.29 is 4.79 Å². The van der Waals surface area contributed by atoms with Crippen molar-refractivity contribution in [3.8, 4) is 0 Å². The first-order valence-electron chi connectivity index (χ1n) is 6.82. The van der Waals surface area contributed by atoms with Crippen LogP contribution in [0.5, 0.6) is 0 Å². The molecule has 18 heavy (non-hydrogen) atoms. The van der Waals surface area contributed by atoms with Crippen LogP contribution in [0, 0.1) is 0 Å². The van der Waals surface area contributed by atoms with Gasteiger partial charge in [0.05, 0.1) is 0 Å². The summed E-state index contributed by atoms with van der Waals surface area (Å²) in [5.41, 5.74) is 5.05. The quantitative estimate of drug-likeness (QED) is 0.660. The second kappa shape index (κ2) is 3.94. The summed E-state index contributed by atoms with van der Waals surface area (Å²) in [5.74, 6) is 0.334. The fraction of sp³-hybridized carbons (Fsp3) is 0.588. The van der Waals surface area contributed by atoms with Gasteiger partial charge in [-0.2, -0.15) is 0 Å². The number of Topliss-reactive ketones (excluding diaryl/α,β-unsaturated/α-hetero) is 1. The van der Waals surface area contributed by atoms with Crippen LogP contribution in [-0.4, -0.2) is 5.78 Å². The number of hydrogen-bond donors (Lipinski definition) is 0. The molecule has 1 aromatic carbocycles. The lowest BCUT2D eigenvalue weighted by atomic mass is 9.77. The average molecular weight is 244 g/mol. The van der Waals surface area contributed by atoms with Crippen molar-refractivity contribution in [1.82, 2.24) is 0 Å². The summed E-state index contributed by atoms with van der Waals surface area (Å²) >= 11 is 0. The van der Waals surface area contributed by atoms with Crippen molar-refractivity contribution in [2.45, 2.75) is 65.2 Å². The summed E-state index contributed by atoms with van der Waals surface area (Å²) in [7, 11) is 0. The van der Waals surface area contributed by atoms with Crippen LogP contribution in [0.2, 0.25) is 0 Å². The Morgan fingerprint density at radius 1 is 0.833 bits per heavy atom. The molecule has 98 valence electrons. The van der Waals surface area contributed by atoms with Gasteiger partial charge in [0.1, 0.15) is 0 Å². The Hall–Kier alpha value is -1.11. The molecule has 1 aliphatic carbocycles. The second-order valence-electron chi connectivity index (χ2n) is 7.44. The molecule has 1 aliphatic rings. The summed E-state index contributed by atoms with van der Waals surface area (Å²) in [5, 5.41) is 0. The first-order chi connectivity index (χ1) is 8.12. The van der Waals surface area contributed by atoms with Gasteiger partial charge >= 0.3 is 0 Å². The minimum Gasteiger partial charge on any atom is -0.294 e. The molecule has 0 atom stereocenters. The van der Waals surface area contributed by atoms with Crippen molar-refractivity contribution >= 4 is 5.78 Å². The highest BCUT2D eigenvalue weighted by Crippen LogP contribution is 2.38. The van der Waals surface area contributed by atoms with E-state index in [4.69, 9.17) is 0 Å². The first kappa shape index (κ1) is 13.3. The molecule has 0 bridgehead atoms. The second-order valence-corrected chi connectivity index (χ2v) is 7.44. The van der Waals surface area contributed by atoms with Crippen molar-refractivity contribution in [3.63, 3.8) is 0 Å². The van der Waals surface area contributed by atoms with Gasteiger partial charge in [0.15, 0.2) is 5.78 Å². The number of benzene rings is 1. The molecule has 0 aromatic heterocycles. The number of ketones is 1. The van der Waals surface area contributed by atoms with Gasteiger partial charge < -0.3 is 0 Å². The van der Waals surface area contributed by atoms with Crippen LogP contribution in [0.15, 0.2) is 12.1 Å². The minimum atomic E-state index is 0.0422. The Bertz CT molecular complexity index is 496. The lowest BCUT2D eigenvalue weighted by Crippen LogP contribution is -2.20. The Balaban J connectivity index is 2.72. The van der Waals surface area contributed by atoms with Crippen LogP contribution in [0.4, 0.5) is 0 Å². The van der Waals surface area contributed by atoms with Gasteiger partial charge in [-0.1, -0.05) is 53.7 Å². The molecule has 1 aromatic rings. The SMILES string of the molecule is CC(C)(C)c1ccc(C(C)(C)C)c2c1CCC2=O. The largest absolute Gasteiger partial charge is 0.294 e. The lowest BCUT2D eigenvalue weighted by Gasteiger charge is -2.27. The Morgan fingerprint density at radius 2 is 1.33 bits per heavy atom. The summed E-state index contributed by atoms with van der Waals surface area (Å²) in [4.78, 5) is 12.2. The van der Waals surface area contributed by atoms with E-state index in [1.165, 1.54) is 16.7 Å². The van der Waals surface area contributed by atoms with E-state index in [0.717, 1.165) is 12.0 Å². The topological polar surface area (TPSA) is 17.1 Å². The third-order valence-corrected chi connectivity index (χ3v) is 3.81. The van der Waals surface area contributed by atoms with Gasteiger partial charge in [0.2, 0.25) is 0 Å². The van der Waals surface area contributed by atoms with E-state index >= 15 is 0 Å². The minimum absolute atomic E-state index is 0.0422. The highest BCUT2D eigenvalue weighted by atomic mass is 16.1. The van der Waals surface area contributed by atoms with Crippen LogP contribution in [0.25, 0.3) is 0 Å². The number of fused-ring (bicyclic) bond motifs is 1. The third kappa shape index (κ3) is 2.11. The average Bonchev–Trinajstić information content (AvgIpc) is 2.57. The zero-order valence-corrected chi connectivity index (χ0v) is 12.5. The Morgan fingerprint density at radius 3 is 1.83 bits per heavy atom. The predicted molar refractivity (Wildman–Crippen MR) is 76.5 cm³/mol. The molecule has 0 amide bonds. The van der Waals surface area contributed by atoms with Gasteiger partial charge in [0.25, 0.3) is 0 Å². The zero-order valence-electron chi connectivity index (χ0n) is 12.5. The number of rotatable bonds is 0. The highest BCUT2D eigenvalue weighted by molar-refractivity contribution is 6.02. The van der Waals surface area contributed by atoms with E-state index < -0.39 is 0 Å². The van der Waals surface area contributed by atoms with Gasteiger partial charge in [-0.05, 0) is 33.9 Å². The van der Waals surface area contributed by atoms with Crippen molar-refractivity contribution in [1.29, 1.82) is 0 Å². The van der Waals surface area contributed by atoms with Crippen LogP contribution >= 0.6 is 0 Å². The fourth-order valence-electron chi connectivity index (χ4n) is 2.92. The molecule has 0 heterocycles. The molecule has 0 saturated carbocycles. The lowest BCUT2D eigenvalue weighted by molar-refractivity contribution is 0.0992. The normalized spacial score (nSPS) is 16.0. The molecule has 0 spiro atoms. The van der Waals surface area contributed by atoms with Crippen molar-refractivity contribution in [2.24, 2.45) is 0 Å². The number of hydrogen-bond acceptors (Lipinski definition) is 1. The van der Waals surface area contributed by atoms with Gasteiger partial charge in [0, 0.05) is 12.0 Å². The summed E-state index contributed by atoms with van der Waals surface area (Å²) < 4.78 is 0. The molecule has 2 rings (SSSR count). The summed E-state index contributed by atoms with van der Waals surface area (Å²) in [6.07, 6.45) is 1.61. The van der Waals surface area contributed by atoms with E-state index in [1.807, 2.05) is 0 Å². The predicted octanol–water partition coefficient (Wildman–Crippen LogP) is 4.41. The summed E-state index contributed by atoms with van der Waals surface area (Å²) in [6.45, 7) is 13.2. The Kier molecular flexibility index (Phi) is 2.92. The van der Waals surface area contributed by atoms with E-state index in [-0.39, 0.29) is 10.8 Å². The smallest absolute Gasteiger partial charge is 0.163 e. The van der Waals surface area contributed by atoms with E-state index in [2.05, 4.69) is 53.7 Å². The molecule has 0 saturated heterocycles. The highest BCUT2D eigenvalue weighted by Gasteiger charge is 2.32. The van der Waals surface area contributed by atoms with Crippen LogP contribution in [0.3, 0.4) is 0 Å². The molecule has 0 unspecified atom stereocenters. The van der Waals surface area contributed by atoms with E-state index in [1.54, 1.807) is 0 Å². The first-order valence-corrected chi connectivity index (χ1v) is 6.82. The molecule has 0 fully saturated rings. The number of carbonyl (C=O) groups is 1. The maximum Gasteiger partial charge on any atom is 0.163 e. The molecule has 0 N–H and O–H groups in total. The molecule has 0 aliphatic heterocycles. The molecule has 1 heteroatoms. The van der Waals surface area contributed by atoms with Crippen LogP contribution in [0.1, 0.15) is 75.0 Å². The molecular weight excluding hydrogens is 220 g/mol. The summed E-state index contributed by atoms with van der Waals surface area (Å²) in [6, 6.07) is 4.40. The Labute approximate surface area is 111 Å². The maximum absolute atomic E-state index is 12.2. The fourth-order valence-corrected chi connectivity index (χ4v) is 2.92. The van der Waals surface area contributed by atoms with E-state index in [0.29, 0.717) is 12.2 Å². The third-order valence-electron chi connectivity index (χ3n) is 3.81. The standard InChI is InChI=1S/C17H24O/c1-16(2,3)12-8-9-13(17(4,5)6)15-11(12)7-10-14(15)18/h8-9H,7,10H2,1-6H3. The van der Waals surface area contributed by atoms with Crippen LogP contribution in [-0.2, 0) is 17.3 Å². The van der Waals surface area contributed by atoms with Crippen molar-refractivity contribution in [3.05, 3.63) is 34.4 Å². The molecular formula is C17H24O. The van der Waals surface area contributed by atoms with Crippen LogP contribution < -0.4 is 0 Å².